The summed E-state index contributed by atoms with van der Waals surface area (Å²) in [7, 11) is 0. The van der Waals surface area contributed by atoms with Crippen LogP contribution in [0.15, 0.2) is 42.5 Å². The van der Waals surface area contributed by atoms with Gasteiger partial charge in [-0.15, -0.1) is 0 Å². The average molecular weight is 366 g/mol. The van der Waals surface area contributed by atoms with Crippen molar-refractivity contribution >= 4 is 23.2 Å². The zero-order valence-electron chi connectivity index (χ0n) is 14.1. The number of nitrogens with one attached hydrogen (secondary N) is 2. The Morgan fingerprint density at radius 1 is 0.923 bits per heavy atom. The topological polar surface area (TPSA) is 67.4 Å². The molecule has 0 atom stereocenters. The summed E-state index contributed by atoms with van der Waals surface area (Å²) in [6.07, 6.45) is -4.96. The van der Waals surface area contributed by atoms with Gasteiger partial charge in [0.2, 0.25) is 0 Å². The molecule has 0 bridgehead atoms. The van der Waals surface area contributed by atoms with Crippen LogP contribution in [-0.2, 0) is 9.59 Å². The molecule has 2 aromatic rings. The van der Waals surface area contributed by atoms with Gasteiger partial charge in [-0.05, 0) is 61.4 Å². The number of halogens is 3. The molecule has 0 heterocycles. The van der Waals surface area contributed by atoms with Gasteiger partial charge >= 0.3 is 12.1 Å². The number of rotatable bonds is 5. The smallest absolute Gasteiger partial charge is 0.471 e. The van der Waals surface area contributed by atoms with Crippen molar-refractivity contribution in [1.82, 2.24) is 0 Å². The maximum absolute atomic E-state index is 12.2. The Bertz CT molecular complexity index is 802. The predicted molar refractivity (Wildman–Crippen MR) is 91.2 cm³/mol. The molecule has 138 valence electrons. The van der Waals surface area contributed by atoms with E-state index in [0.717, 1.165) is 11.1 Å². The molecule has 0 aliphatic rings. The van der Waals surface area contributed by atoms with Crippen molar-refractivity contribution in [3.63, 3.8) is 0 Å². The van der Waals surface area contributed by atoms with Crippen LogP contribution in [0.3, 0.4) is 0 Å². The summed E-state index contributed by atoms with van der Waals surface area (Å²) in [4.78, 5) is 22.7. The summed E-state index contributed by atoms with van der Waals surface area (Å²) in [6, 6.07) is 10.7. The molecule has 0 saturated carbocycles. The number of alkyl halides is 3. The van der Waals surface area contributed by atoms with E-state index in [4.69, 9.17) is 4.74 Å². The molecule has 0 fully saturated rings. The quantitative estimate of drug-likeness (QED) is 0.845. The van der Waals surface area contributed by atoms with Crippen molar-refractivity contribution in [3.8, 4) is 5.75 Å². The lowest BCUT2D eigenvalue weighted by Crippen LogP contribution is -2.29. The van der Waals surface area contributed by atoms with Crippen molar-refractivity contribution in [1.29, 1.82) is 0 Å². The lowest BCUT2D eigenvalue weighted by atomic mass is 10.1. The Morgan fingerprint density at radius 2 is 1.50 bits per heavy atom. The average Bonchev–Trinajstić information content (AvgIpc) is 2.57. The van der Waals surface area contributed by atoms with Crippen molar-refractivity contribution in [2.45, 2.75) is 20.0 Å². The lowest BCUT2D eigenvalue weighted by molar-refractivity contribution is -0.167. The molecule has 0 aromatic heterocycles. The molecule has 0 unspecified atom stereocenters. The Kier molecular flexibility index (Phi) is 5.86. The minimum absolute atomic E-state index is 0.0308. The maximum atomic E-state index is 12.2. The van der Waals surface area contributed by atoms with Crippen LogP contribution in [0.4, 0.5) is 24.5 Å². The van der Waals surface area contributed by atoms with Gasteiger partial charge in [0.25, 0.3) is 5.91 Å². The summed E-state index contributed by atoms with van der Waals surface area (Å²) in [5.74, 6) is -1.92. The highest BCUT2D eigenvalue weighted by molar-refractivity contribution is 5.95. The third-order valence-corrected chi connectivity index (χ3v) is 3.53. The third kappa shape index (κ3) is 5.51. The van der Waals surface area contributed by atoms with Crippen LogP contribution in [0.5, 0.6) is 5.75 Å². The zero-order chi connectivity index (χ0) is 19.3. The molecular formula is C18H17F3N2O3. The van der Waals surface area contributed by atoms with Gasteiger partial charge in [-0.1, -0.05) is 6.07 Å². The standard InChI is InChI=1S/C18H17F3N2O3/c1-11-3-8-15(9-12(11)2)26-10-16(24)22-13-4-6-14(7-5-13)23-17(25)18(19,20)21/h3-9H,10H2,1-2H3,(H,22,24)(H,23,25). The fraction of sp³-hybridized carbons (Fsp3) is 0.222. The van der Waals surface area contributed by atoms with Gasteiger partial charge in [-0.25, -0.2) is 0 Å². The number of hydrogen-bond donors (Lipinski definition) is 2. The van der Waals surface area contributed by atoms with Gasteiger partial charge in [0.05, 0.1) is 0 Å². The second-order valence-corrected chi connectivity index (χ2v) is 5.61. The molecule has 2 rings (SSSR count). The van der Waals surface area contributed by atoms with Crippen LogP contribution in [0.1, 0.15) is 11.1 Å². The summed E-state index contributed by atoms with van der Waals surface area (Å²) >= 11 is 0. The van der Waals surface area contributed by atoms with E-state index in [2.05, 4.69) is 5.32 Å². The maximum Gasteiger partial charge on any atom is 0.471 e. The second kappa shape index (κ2) is 7.90. The number of ether oxygens (including phenoxy) is 1. The van der Waals surface area contributed by atoms with E-state index in [1.165, 1.54) is 24.3 Å². The van der Waals surface area contributed by atoms with Crippen LogP contribution in [0, 0.1) is 13.8 Å². The van der Waals surface area contributed by atoms with E-state index >= 15 is 0 Å². The van der Waals surface area contributed by atoms with E-state index in [0.29, 0.717) is 11.4 Å². The molecule has 0 spiro atoms. The van der Waals surface area contributed by atoms with Crippen molar-refractivity contribution in [2.75, 3.05) is 17.2 Å². The van der Waals surface area contributed by atoms with Crippen LogP contribution in [0.2, 0.25) is 0 Å². The number of amides is 2. The fourth-order valence-corrected chi connectivity index (χ4v) is 1.99. The number of carbonyl (C=O) groups is 2. The van der Waals surface area contributed by atoms with Gasteiger partial charge in [0.1, 0.15) is 5.75 Å². The number of carbonyl (C=O) groups excluding carboxylic acids is 2. The Morgan fingerprint density at radius 3 is 2.04 bits per heavy atom. The Labute approximate surface area is 148 Å². The molecular weight excluding hydrogens is 349 g/mol. The lowest BCUT2D eigenvalue weighted by Gasteiger charge is -2.10. The van der Waals surface area contributed by atoms with E-state index in [9.17, 15) is 22.8 Å². The van der Waals surface area contributed by atoms with Gasteiger partial charge in [-0.2, -0.15) is 13.2 Å². The highest BCUT2D eigenvalue weighted by atomic mass is 19.4. The highest BCUT2D eigenvalue weighted by Crippen LogP contribution is 2.20. The first-order valence-electron chi connectivity index (χ1n) is 7.63. The molecule has 0 aliphatic heterocycles. The van der Waals surface area contributed by atoms with Crippen LogP contribution >= 0.6 is 0 Å². The number of hydrogen-bond acceptors (Lipinski definition) is 3. The molecule has 0 aliphatic carbocycles. The minimum Gasteiger partial charge on any atom is -0.484 e. The second-order valence-electron chi connectivity index (χ2n) is 5.61. The first-order valence-corrected chi connectivity index (χ1v) is 7.63. The molecule has 26 heavy (non-hydrogen) atoms. The first-order chi connectivity index (χ1) is 12.1. The molecule has 0 saturated heterocycles. The summed E-state index contributed by atoms with van der Waals surface area (Å²) in [6.45, 7) is 3.68. The molecule has 2 amide bonds. The van der Waals surface area contributed by atoms with E-state index in [1.807, 2.05) is 26.0 Å². The highest BCUT2D eigenvalue weighted by Gasteiger charge is 2.38. The molecule has 2 aromatic carbocycles. The monoisotopic (exact) mass is 366 g/mol. The van der Waals surface area contributed by atoms with E-state index in [-0.39, 0.29) is 12.3 Å². The number of benzene rings is 2. The Balaban J connectivity index is 1.87. The van der Waals surface area contributed by atoms with Crippen molar-refractivity contribution in [2.24, 2.45) is 0 Å². The van der Waals surface area contributed by atoms with Gasteiger partial charge in [-0.3, -0.25) is 9.59 Å². The first kappa shape index (κ1) is 19.3. The number of anilines is 2. The molecule has 0 radical (unpaired) electrons. The van der Waals surface area contributed by atoms with Gasteiger partial charge < -0.3 is 15.4 Å². The van der Waals surface area contributed by atoms with E-state index in [1.54, 1.807) is 11.4 Å². The van der Waals surface area contributed by atoms with Gasteiger partial charge in [0, 0.05) is 11.4 Å². The van der Waals surface area contributed by atoms with Gasteiger partial charge in [0.15, 0.2) is 6.61 Å². The van der Waals surface area contributed by atoms with E-state index < -0.39 is 18.0 Å². The van der Waals surface area contributed by atoms with Crippen LogP contribution in [0.25, 0.3) is 0 Å². The fourth-order valence-electron chi connectivity index (χ4n) is 1.99. The molecule has 5 nitrogen and oxygen atoms in total. The number of aryl methyl sites for hydroxylation is 2. The van der Waals surface area contributed by atoms with Crippen molar-refractivity contribution in [3.05, 3.63) is 53.6 Å². The molecule has 2 N–H and O–H groups in total. The van der Waals surface area contributed by atoms with Crippen LogP contribution < -0.4 is 15.4 Å². The summed E-state index contributed by atoms with van der Waals surface area (Å²) in [5.41, 5.74) is 2.49. The SMILES string of the molecule is Cc1ccc(OCC(=O)Nc2ccc(NC(=O)C(F)(F)F)cc2)cc1C. The summed E-state index contributed by atoms with van der Waals surface area (Å²) < 4.78 is 41.9. The zero-order valence-corrected chi connectivity index (χ0v) is 14.1. The third-order valence-electron chi connectivity index (χ3n) is 3.53. The van der Waals surface area contributed by atoms with Crippen LogP contribution in [-0.4, -0.2) is 24.6 Å². The minimum atomic E-state index is -4.96. The largest absolute Gasteiger partial charge is 0.484 e. The van der Waals surface area contributed by atoms with Crippen molar-refractivity contribution < 1.29 is 27.5 Å². The predicted octanol–water partition coefficient (Wildman–Crippen LogP) is 3.82. The summed E-state index contributed by atoms with van der Waals surface area (Å²) in [5, 5.41) is 4.27. The molecule has 8 heteroatoms. The Hall–Kier alpha value is -3.03. The normalized spacial score (nSPS) is 11.0.